The number of rotatable bonds is 6. The van der Waals surface area contributed by atoms with Crippen molar-refractivity contribution in [2.24, 2.45) is 0 Å². The fourth-order valence-electron chi connectivity index (χ4n) is 2.05. The van der Waals surface area contributed by atoms with E-state index in [4.69, 9.17) is 4.74 Å². The Bertz CT molecular complexity index is 851. The maximum atomic E-state index is 12.7. The third-order valence-corrected chi connectivity index (χ3v) is 5.40. The Morgan fingerprint density at radius 1 is 1.28 bits per heavy atom. The van der Waals surface area contributed by atoms with Crippen LogP contribution in [0.3, 0.4) is 0 Å². The van der Waals surface area contributed by atoms with Crippen molar-refractivity contribution < 1.29 is 17.9 Å². The molecule has 2 aromatic rings. The normalized spacial score (nSPS) is 11.2. The maximum Gasteiger partial charge on any atom is 0.258 e. The van der Waals surface area contributed by atoms with Crippen molar-refractivity contribution >= 4 is 27.3 Å². The second kappa shape index (κ2) is 7.52. The molecule has 0 radical (unpaired) electrons. The Morgan fingerprint density at radius 3 is 2.56 bits per heavy atom. The number of aromatic nitrogens is 1. The third kappa shape index (κ3) is 4.27. The van der Waals surface area contributed by atoms with Crippen molar-refractivity contribution in [2.45, 2.75) is 19.1 Å². The second-order valence-electron chi connectivity index (χ2n) is 5.69. The van der Waals surface area contributed by atoms with E-state index in [-0.39, 0.29) is 11.6 Å². The molecule has 0 spiro atoms. The Labute approximate surface area is 147 Å². The zero-order valence-electron chi connectivity index (χ0n) is 14.6. The predicted octanol–water partition coefficient (Wildman–Crippen LogP) is 2.52. The summed E-state index contributed by atoms with van der Waals surface area (Å²) < 4.78 is 31.9. The first-order valence-electron chi connectivity index (χ1n) is 7.64. The summed E-state index contributed by atoms with van der Waals surface area (Å²) in [5.41, 5.74) is 1.18. The summed E-state index contributed by atoms with van der Waals surface area (Å²) in [7, 11) is -0.501. The fraction of sp³-hybridized carbons (Fsp3) is 0.294. The Hall–Kier alpha value is -2.61. The molecule has 1 amide bonds. The molecule has 0 fully saturated rings. The number of carbonyl (C=O) groups excluding carboxylic acids is 1. The van der Waals surface area contributed by atoms with Gasteiger partial charge < -0.3 is 9.64 Å². The summed E-state index contributed by atoms with van der Waals surface area (Å²) in [6.45, 7) is 3.14. The standard InChI is InChI=1S/C17H21N3O4S/c1-12(2)25(22,23)19-15-10-13(7-8-16(15)24-4)17(21)20(3)14-6-5-9-18-11-14/h5-12,19H,1-4H3. The molecule has 25 heavy (non-hydrogen) atoms. The van der Waals surface area contributed by atoms with Gasteiger partial charge >= 0.3 is 0 Å². The van der Waals surface area contributed by atoms with E-state index < -0.39 is 15.3 Å². The minimum Gasteiger partial charge on any atom is -0.495 e. The number of carbonyl (C=O) groups is 1. The number of hydrogen-bond acceptors (Lipinski definition) is 5. The van der Waals surface area contributed by atoms with Crippen molar-refractivity contribution in [2.75, 3.05) is 23.8 Å². The van der Waals surface area contributed by atoms with Gasteiger partial charge in [0.2, 0.25) is 10.0 Å². The molecule has 1 N–H and O–H groups in total. The zero-order chi connectivity index (χ0) is 18.6. The van der Waals surface area contributed by atoms with E-state index in [9.17, 15) is 13.2 Å². The molecule has 0 aliphatic heterocycles. The van der Waals surface area contributed by atoms with E-state index in [1.54, 1.807) is 57.6 Å². The van der Waals surface area contributed by atoms with Crippen LogP contribution in [-0.2, 0) is 10.0 Å². The quantitative estimate of drug-likeness (QED) is 0.852. The van der Waals surface area contributed by atoms with Crippen LogP contribution < -0.4 is 14.4 Å². The van der Waals surface area contributed by atoms with Gasteiger partial charge in [-0.2, -0.15) is 0 Å². The van der Waals surface area contributed by atoms with Crippen LogP contribution in [-0.4, -0.2) is 38.7 Å². The Morgan fingerprint density at radius 2 is 2.00 bits per heavy atom. The summed E-state index contributed by atoms with van der Waals surface area (Å²) in [6.07, 6.45) is 3.19. The number of sulfonamides is 1. The highest BCUT2D eigenvalue weighted by Crippen LogP contribution is 2.28. The van der Waals surface area contributed by atoms with Crippen molar-refractivity contribution in [1.29, 1.82) is 0 Å². The largest absolute Gasteiger partial charge is 0.495 e. The lowest BCUT2D eigenvalue weighted by Gasteiger charge is -2.19. The number of hydrogen-bond donors (Lipinski definition) is 1. The highest BCUT2D eigenvalue weighted by molar-refractivity contribution is 7.93. The van der Waals surface area contributed by atoms with Gasteiger partial charge in [0.25, 0.3) is 5.91 Å². The number of methoxy groups -OCH3 is 1. The Kier molecular flexibility index (Phi) is 5.63. The summed E-state index contributed by atoms with van der Waals surface area (Å²) in [5, 5.41) is -0.616. The molecular weight excluding hydrogens is 342 g/mol. The molecule has 134 valence electrons. The molecule has 1 heterocycles. The van der Waals surface area contributed by atoms with Crippen molar-refractivity contribution in [3.63, 3.8) is 0 Å². The van der Waals surface area contributed by atoms with E-state index in [0.29, 0.717) is 17.0 Å². The lowest BCUT2D eigenvalue weighted by atomic mass is 10.1. The maximum absolute atomic E-state index is 12.7. The van der Waals surface area contributed by atoms with Crippen molar-refractivity contribution in [1.82, 2.24) is 4.98 Å². The van der Waals surface area contributed by atoms with Gasteiger partial charge in [-0.1, -0.05) is 0 Å². The number of ether oxygens (including phenoxy) is 1. The van der Waals surface area contributed by atoms with E-state index >= 15 is 0 Å². The summed E-state index contributed by atoms with van der Waals surface area (Å²) in [5.74, 6) is 0.0467. The molecule has 1 aromatic heterocycles. The molecular formula is C17H21N3O4S. The number of nitrogens with one attached hydrogen (secondary N) is 1. The molecule has 1 aromatic carbocycles. The van der Waals surface area contributed by atoms with E-state index in [0.717, 1.165) is 0 Å². The number of anilines is 2. The summed E-state index contributed by atoms with van der Waals surface area (Å²) >= 11 is 0. The van der Waals surface area contributed by atoms with Gasteiger partial charge in [0.15, 0.2) is 0 Å². The van der Waals surface area contributed by atoms with Gasteiger partial charge in [0.1, 0.15) is 5.75 Å². The highest BCUT2D eigenvalue weighted by atomic mass is 32.2. The molecule has 7 nitrogen and oxygen atoms in total. The molecule has 0 saturated heterocycles. The first-order chi connectivity index (χ1) is 11.8. The van der Waals surface area contributed by atoms with Crippen LogP contribution in [0.15, 0.2) is 42.7 Å². The van der Waals surface area contributed by atoms with Gasteiger partial charge in [-0.15, -0.1) is 0 Å². The van der Waals surface area contributed by atoms with Crippen LogP contribution in [0.1, 0.15) is 24.2 Å². The second-order valence-corrected chi connectivity index (χ2v) is 7.92. The SMILES string of the molecule is COc1ccc(C(=O)N(C)c2cccnc2)cc1NS(=O)(=O)C(C)C. The lowest BCUT2D eigenvalue weighted by Crippen LogP contribution is -2.27. The predicted molar refractivity (Wildman–Crippen MR) is 97.6 cm³/mol. The monoisotopic (exact) mass is 363 g/mol. The molecule has 8 heteroatoms. The molecule has 0 bridgehead atoms. The lowest BCUT2D eigenvalue weighted by molar-refractivity contribution is 0.0993. The number of nitrogens with zero attached hydrogens (tertiary/aromatic N) is 2. The molecule has 2 rings (SSSR count). The van der Waals surface area contributed by atoms with Gasteiger partial charge in [-0.3, -0.25) is 14.5 Å². The van der Waals surface area contributed by atoms with Crippen LogP contribution in [0.5, 0.6) is 5.75 Å². The van der Waals surface area contributed by atoms with Crippen LogP contribution in [0.2, 0.25) is 0 Å². The van der Waals surface area contributed by atoms with E-state index in [1.807, 2.05) is 0 Å². The van der Waals surface area contributed by atoms with Crippen LogP contribution in [0, 0.1) is 0 Å². The van der Waals surface area contributed by atoms with Gasteiger partial charge in [-0.25, -0.2) is 8.42 Å². The average Bonchev–Trinajstić information content (AvgIpc) is 2.60. The fourth-order valence-corrected chi connectivity index (χ4v) is 2.76. The minimum absolute atomic E-state index is 0.224. The van der Waals surface area contributed by atoms with E-state index in [2.05, 4.69) is 9.71 Å². The highest BCUT2D eigenvalue weighted by Gasteiger charge is 2.20. The van der Waals surface area contributed by atoms with E-state index in [1.165, 1.54) is 18.1 Å². The minimum atomic E-state index is -3.56. The van der Waals surface area contributed by atoms with Crippen LogP contribution >= 0.6 is 0 Å². The molecule has 0 atom stereocenters. The van der Waals surface area contributed by atoms with Crippen LogP contribution in [0.25, 0.3) is 0 Å². The Balaban J connectivity index is 2.37. The number of benzene rings is 1. The first-order valence-corrected chi connectivity index (χ1v) is 9.18. The summed E-state index contributed by atoms with van der Waals surface area (Å²) in [6, 6.07) is 8.10. The smallest absolute Gasteiger partial charge is 0.258 e. The molecule has 0 aliphatic rings. The number of amides is 1. The number of pyridine rings is 1. The van der Waals surface area contributed by atoms with Gasteiger partial charge in [-0.05, 0) is 44.2 Å². The summed E-state index contributed by atoms with van der Waals surface area (Å²) in [4.78, 5) is 18.1. The molecule has 0 aliphatic carbocycles. The van der Waals surface area contributed by atoms with Crippen LogP contribution in [0.4, 0.5) is 11.4 Å². The zero-order valence-corrected chi connectivity index (χ0v) is 15.4. The average molecular weight is 363 g/mol. The topological polar surface area (TPSA) is 88.6 Å². The molecule has 0 saturated carbocycles. The van der Waals surface area contributed by atoms with Gasteiger partial charge in [0, 0.05) is 18.8 Å². The van der Waals surface area contributed by atoms with Crippen molar-refractivity contribution in [3.8, 4) is 5.75 Å². The van der Waals surface area contributed by atoms with Gasteiger partial charge in [0.05, 0.1) is 29.9 Å². The third-order valence-electron chi connectivity index (χ3n) is 3.66. The molecule has 0 unspecified atom stereocenters. The van der Waals surface area contributed by atoms with Crippen molar-refractivity contribution in [3.05, 3.63) is 48.3 Å². The first kappa shape index (κ1) is 18.7.